The van der Waals surface area contributed by atoms with Gasteiger partial charge in [0.25, 0.3) is 10.0 Å². The summed E-state index contributed by atoms with van der Waals surface area (Å²) in [6.45, 7) is 0.362. The van der Waals surface area contributed by atoms with E-state index < -0.39 is 16.1 Å². The molecule has 3 rings (SSSR count). The van der Waals surface area contributed by atoms with Crippen molar-refractivity contribution in [1.29, 1.82) is 0 Å². The molecule has 1 N–H and O–H groups in total. The fraction of sp³-hybridized carbons (Fsp3) is 0.312. The highest BCUT2D eigenvalue weighted by Crippen LogP contribution is 2.32. The van der Waals surface area contributed by atoms with Crippen molar-refractivity contribution in [1.82, 2.24) is 4.31 Å². The van der Waals surface area contributed by atoms with Gasteiger partial charge in [0.1, 0.15) is 10.3 Å². The summed E-state index contributed by atoms with van der Waals surface area (Å²) in [4.78, 5) is 13.7. The summed E-state index contributed by atoms with van der Waals surface area (Å²) in [5.74, 6) is -0.282. The lowest BCUT2D eigenvalue weighted by Gasteiger charge is -2.22. The Morgan fingerprint density at radius 1 is 1.36 bits per heavy atom. The van der Waals surface area contributed by atoms with E-state index in [1.807, 2.05) is 30.5 Å². The largest absolute Gasteiger partial charge is 0.325 e. The van der Waals surface area contributed by atoms with Gasteiger partial charge in [0.05, 0.1) is 3.79 Å². The van der Waals surface area contributed by atoms with Crippen molar-refractivity contribution in [2.75, 3.05) is 18.1 Å². The van der Waals surface area contributed by atoms with Crippen LogP contribution in [0.15, 0.2) is 49.3 Å². The third kappa shape index (κ3) is 4.11. The lowest BCUT2D eigenvalue weighted by atomic mass is 10.2. The van der Waals surface area contributed by atoms with E-state index in [2.05, 4.69) is 21.2 Å². The van der Waals surface area contributed by atoms with Gasteiger partial charge in [-0.3, -0.25) is 4.79 Å². The molecule has 1 aromatic carbocycles. The van der Waals surface area contributed by atoms with Crippen molar-refractivity contribution in [3.63, 3.8) is 0 Å². The van der Waals surface area contributed by atoms with E-state index in [1.165, 1.54) is 4.31 Å². The van der Waals surface area contributed by atoms with Crippen LogP contribution in [-0.2, 0) is 14.8 Å². The lowest BCUT2D eigenvalue weighted by molar-refractivity contribution is -0.119. The van der Waals surface area contributed by atoms with E-state index >= 15 is 0 Å². The predicted octanol–water partition coefficient (Wildman–Crippen LogP) is 4.02. The van der Waals surface area contributed by atoms with Gasteiger partial charge in [-0.1, -0.05) is 6.07 Å². The molecule has 0 aliphatic carbocycles. The fourth-order valence-electron chi connectivity index (χ4n) is 2.77. The summed E-state index contributed by atoms with van der Waals surface area (Å²) < 4.78 is 28.0. The number of carbonyl (C=O) groups is 1. The first-order valence-electron chi connectivity index (χ1n) is 7.64. The molecule has 2 aromatic rings. The van der Waals surface area contributed by atoms with Gasteiger partial charge >= 0.3 is 0 Å². The van der Waals surface area contributed by atoms with Gasteiger partial charge in [-0.05, 0) is 65.4 Å². The van der Waals surface area contributed by atoms with Crippen molar-refractivity contribution in [3.05, 3.63) is 40.2 Å². The quantitative estimate of drug-likeness (QED) is 0.683. The number of thioether (sulfide) groups is 1. The SMILES string of the molecule is CSc1cccc(NC(=O)[C@H]2CCCN2S(=O)(=O)c2ccc(Br)s2)c1. The molecule has 1 saturated heterocycles. The van der Waals surface area contributed by atoms with Crippen LogP contribution in [0.3, 0.4) is 0 Å². The molecule has 0 radical (unpaired) electrons. The smallest absolute Gasteiger partial charge is 0.253 e. The minimum Gasteiger partial charge on any atom is -0.325 e. The van der Waals surface area contributed by atoms with Crippen LogP contribution in [0.25, 0.3) is 0 Å². The van der Waals surface area contributed by atoms with Crippen molar-refractivity contribution in [3.8, 4) is 0 Å². The minimum absolute atomic E-state index is 0.253. The van der Waals surface area contributed by atoms with E-state index in [4.69, 9.17) is 0 Å². The molecule has 1 aliphatic rings. The van der Waals surface area contributed by atoms with Crippen LogP contribution >= 0.6 is 39.0 Å². The monoisotopic (exact) mass is 460 g/mol. The van der Waals surface area contributed by atoms with Gasteiger partial charge < -0.3 is 5.32 Å². The van der Waals surface area contributed by atoms with E-state index in [9.17, 15) is 13.2 Å². The fourth-order valence-corrected chi connectivity index (χ4v) is 7.02. The summed E-state index contributed by atoms with van der Waals surface area (Å²) >= 11 is 6.03. The molecule has 0 unspecified atom stereocenters. The highest BCUT2D eigenvalue weighted by Gasteiger charge is 2.40. The number of sulfonamides is 1. The molecule has 5 nitrogen and oxygen atoms in total. The first-order chi connectivity index (χ1) is 11.9. The number of nitrogens with one attached hydrogen (secondary N) is 1. The number of amides is 1. The standard InChI is InChI=1S/C16H17BrN2O3S3/c1-23-12-5-2-4-11(10-12)18-16(20)13-6-3-9-19(13)25(21,22)15-8-7-14(17)24-15/h2,4-5,7-8,10,13H,3,6,9H2,1H3,(H,18,20)/t13-/m1/s1. The van der Waals surface area contributed by atoms with E-state index in [1.54, 1.807) is 23.9 Å². The molecule has 25 heavy (non-hydrogen) atoms. The minimum atomic E-state index is -3.66. The average Bonchev–Trinajstić information content (AvgIpc) is 3.24. The Kier molecular flexibility index (Phi) is 5.89. The van der Waals surface area contributed by atoms with Gasteiger partial charge in [-0.15, -0.1) is 23.1 Å². The van der Waals surface area contributed by atoms with Crippen molar-refractivity contribution in [2.24, 2.45) is 0 Å². The second kappa shape index (κ2) is 7.79. The predicted molar refractivity (Wildman–Crippen MR) is 106 cm³/mol. The molecular weight excluding hydrogens is 444 g/mol. The molecule has 0 spiro atoms. The first kappa shape index (κ1) is 18.9. The molecule has 134 valence electrons. The summed E-state index contributed by atoms with van der Waals surface area (Å²) in [6.07, 6.45) is 3.17. The normalized spacial score (nSPS) is 18.4. The maximum Gasteiger partial charge on any atom is 0.253 e. The third-order valence-electron chi connectivity index (χ3n) is 3.96. The Morgan fingerprint density at radius 2 is 2.16 bits per heavy atom. The van der Waals surface area contributed by atoms with Crippen LogP contribution in [0, 0.1) is 0 Å². The van der Waals surface area contributed by atoms with E-state index in [0.29, 0.717) is 25.1 Å². The molecule has 1 amide bonds. The Morgan fingerprint density at radius 3 is 2.84 bits per heavy atom. The van der Waals surface area contributed by atoms with Gasteiger partial charge in [0.15, 0.2) is 0 Å². The van der Waals surface area contributed by atoms with Crippen LogP contribution in [0.5, 0.6) is 0 Å². The van der Waals surface area contributed by atoms with Crippen molar-refractivity contribution < 1.29 is 13.2 Å². The Labute approximate surface area is 164 Å². The third-order valence-corrected chi connectivity index (χ3v) is 8.68. The number of halogens is 1. The zero-order valence-electron chi connectivity index (χ0n) is 13.4. The van der Waals surface area contributed by atoms with Gasteiger partial charge in [0.2, 0.25) is 5.91 Å². The van der Waals surface area contributed by atoms with Crippen LogP contribution in [0.2, 0.25) is 0 Å². The van der Waals surface area contributed by atoms with Crippen LogP contribution in [0.1, 0.15) is 12.8 Å². The number of benzene rings is 1. The van der Waals surface area contributed by atoms with Crippen molar-refractivity contribution in [2.45, 2.75) is 28.0 Å². The summed E-state index contributed by atoms with van der Waals surface area (Å²) in [5.41, 5.74) is 0.681. The number of anilines is 1. The molecule has 1 fully saturated rings. The van der Waals surface area contributed by atoms with Gasteiger partial charge in [-0.25, -0.2) is 8.42 Å². The maximum absolute atomic E-state index is 12.8. The summed E-state index contributed by atoms with van der Waals surface area (Å²) in [5, 5.41) is 2.85. The van der Waals surface area contributed by atoms with Crippen LogP contribution in [0.4, 0.5) is 5.69 Å². The summed E-state index contributed by atoms with van der Waals surface area (Å²) in [6, 6.07) is 10.1. The number of nitrogens with zero attached hydrogens (tertiary/aromatic N) is 1. The second-order valence-corrected chi connectivity index (χ2v) is 11.0. The zero-order valence-corrected chi connectivity index (χ0v) is 17.5. The Hall–Kier alpha value is -0.870. The molecule has 1 atom stereocenters. The van der Waals surface area contributed by atoms with E-state index in [0.717, 1.165) is 20.0 Å². The Balaban J connectivity index is 1.80. The zero-order chi connectivity index (χ0) is 18.0. The highest BCUT2D eigenvalue weighted by atomic mass is 79.9. The maximum atomic E-state index is 12.8. The number of rotatable bonds is 5. The second-order valence-electron chi connectivity index (χ2n) is 5.55. The molecular formula is C16H17BrN2O3S3. The summed E-state index contributed by atoms with van der Waals surface area (Å²) in [7, 11) is -3.66. The first-order valence-corrected chi connectivity index (χ1v) is 11.9. The molecule has 0 saturated carbocycles. The molecule has 9 heteroatoms. The number of hydrogen-bond donors (Lipinski definition) is 1. The van der Waals surface area contributed by atoms with Crippen molar-refractivity contribution >= 4 is 60.6 Å². The number of carbonyl (C=O) groups excluding carboxylic acids is 1. The van der Waals surface area contributed by atoms with Gasteiger partial charge in [0, 0.05) is 17.1 Å². The van der Waals surface area contributed by atoms with Crippen LogP contribution in [-0.4, -0.2) is 37.5 Å². The topological polar surface area (TPSA) is 66.5 Å². The highest BCUT2D eigenvalue weighted by molar-refractivity contribution is 9.11. The number of thiophene rings is 1. The molecule has 0 bridgehead atoms. The van der Waals surface area contributed by atoms with E-state index in [-0.39, 0.29) is 10.1 Å². The van der Waals surface area contributed by atoms with Gasteiger partial charge in [-0.2, -0.15) is 4.31 Å². The van der Waals surface area contributed by atoms with Crippen LogP contribution < -0.4 is 5.32 Å². The molecule has 2 heterocycles. The average molecular weight is 461 g/mol. The number of hydrogen-bond acceptors (Lipinski definition) is 5. The lowest BCUT2D eigenvalue weighted by Crippen LogP contribution is -2.42. The molecule has 1 aliphatic heterocycles. The Bertz CT molecular complexity index is 882. The molecule has 1 aromatic heterocycles.